The third-order valence-electron chi connectivity index (χ3n) is 3.89. The number of unbranched alkanes of at least 4 members (excludes halogenated alkanes) is 1. The molecule has 1 aromatic rings. The maximum atomic E-state index is 12.0. The lowest BCUT2D eigenvalue weighted by molar-refractivity contribution is -0.152. The second-order valence-corrected chi connectivity index (χ2v) is 7.81. The zero-order chi connectivity index (χ0) is 16.0. The third-order valence-corrected chi connectivity index (χ3v) is 5.01. The number of carbonyl (C=O) groups is 2. The lowest BCUT2D eigenvalue weighted by Crippen LogP contribution is -2.46. The Kier molecular flexibility index (Phi) is 6.07. The molecular formula is C18H25NO2S. The van der Waals surface area contributed by atoms with Crippen molar-refractivity contribution < 1.29 is 9.59 Å². The summed E-state index contributed by atoms with van der Waals surface area (Å²) in [6.45, 7) is 4.56. The van der Waals surface area contributed by atoms with E-state index < -0.39 is 0 Å². The molecule has 4 heteroatoms. The molecule has 1 aliphatic rings. The summed E-state index contributed by atoms with van der Waals surface area (Å²) in [6.07, 6.45) is 2.92. The van der Waals surface area contributed by atoms with Crippen LogP contribution in [0.4, 0.5) is 0 Å². The molecular weight excluding hydrogens is 294 g/mol. The first kappa shape index (κ1) is 17.1. The molecule has 1 aromatic carbocycles. The van der Waals surface area contributed by atoms with Gasteiger partial charge in [-0.1, -0.05) is 44.2 Å². The van der Waals surface area contributed by atoms with Crippen molar-refractivity contribution in [3.63, 3.8) is 0 Å². The van der Waals surface area contributed by atoms with Gasteiger partial charge in [-0.2, -0.15) is 11.8 Å². The van der Waals surface area contributed by atoms with Crippen molar-refractivity contribution in [1.82, 2.24) is 4.90 Å². The number of imide groups is 1. The van der Waals surface area contributed by atoms with Gasteiger partial charge in [0, 0.05) is 25.1 Å². The van der Waals surface area contributed by atoms with E-state index in [2.05, 4.69) is 24.3 Å². The zero-order valence-corrected chi connectivity index (χ0v) is 14.3. The van der Waals surface area contributed by atoms with Crippen LogP contribution in [0.25, 0.3) is 0 Å². The Labute approximate surface area is 137 Å². The monoisotopic (exact) mass is 319 g/mol. The summed E-state index contributed by atoms with van der Waals surface area (Å²) in [4.78, 5) is 25.5. The molecule has 0 radical (unpaired) electrons. The van der Waals surface area contributed by atoms with Crippen LogP contribution < -0.4 is 0 Å². The number of thioether (sulfide) groups is 1. The van der Waals surface area contributed by atoms with Crippen molar-refractivity contribution in [2.24, 2.45) is 5.41 Å². The smallest absolute Gasteiger partial charge is 0.229 e. The molecule has 2 amide bonds. The molecule has 0 atom stereocenters. The van der Waals surface area contributed by atoms with Crippen molar-refractivity contribution in [1.29, 1.82) is 0 Å². The Morgan fingerprint density at radius 3 is 2.32 bits per heavy atom. The number of amides is 2. The van der Waals surface area contributed by atoms with Crippen LogP contribution in [0.1, 0.15) is 45.1 Å². The highest BCUT2D eigenvalue weighted by Crippen LogP contribution is 2.31. The van der Waals surface area contributed by atoms with Gasteiger partial charge < -0.3 is 0 Å². The predicted octanol–water partition coefficient (Wildman–Crippen LogP) is 3.88. The Morgan fingerprint density at radius 1 is 1.05 bits per heavy atom. The number of hydrogen-bond donors (Lipinski definition) is 0. The van der Waals surface area contributed by atoms with Crippen molar-refractivity contribution >= 4 is 23.6 Å². The first-order chi connectivity index (χ1) is 10.5. The SMILES string of the molecule is CC1(C)CC(=O)N(CCCCSCc2ccccc2)C(=O)C1. The number of hydrogen-bond acceptors (Lipinski definition) is 3. The second-order valence-electron chi connectivity index (χ2n) is 6.70. The number of piperidine rings is 1. The number of likely N-dealkylation sites (tertiary alicyclic amines) is 1. The first-order valence-corrected chi connectivity index (χ1v) is 9.08. The minimum Gasteiger partial charge on any atom is -0.283 e. The number of benzene rings is 1. The van der Waals surface area contributed by atoms with Crippen LogP contribution in [-0.2, 0) is 15.3 Å². The first-order valence-electron chi connectivity index (χ1n) is 7.93. The molecule has 120 valence electrons. The number of carbonyl (C=O) groups excluding carboxylic acids is 2. The Morgan fingerprint density at radius 2 is 1.68 bits per heavy atom. The average Bonchev–Trinajstić information content (AvgIpc) is 2.45. The largest absolute Gasteiger partial charge is 0.283 e. The molecule has 22 heavy (non-hydrogen) atoms. The summed E-state index contributed by atoms with van der Waals surface area (Å²) in [5, 5.41) is 0. The number of nitrogens with zero attached hydrogens (tertiary/aromatic N) is 1. The molecule has 0 unspecified atom stereocenters. The lowest BCUT2D eigenvalue weighted by atomic mass is 9.82. The van der Waals surface area contributed by atoms with Gasteiger partial charge in [0.15, 0.2) is 0 Å². The minimum atomic E-state index is -0.170. The molecule has 2 rings (SSSR count). The lowest BCUT2D eigenvalue weighted by Gasteiger charge is -2.34. The van der Waals surface area contributed by atoms with Crippen LogP contribution in [0.5, 0.6) is 0 Å². The second kappa shape index (κ2) is 7.82. The van der Waals surface area contributed by atoms with Gasteiger partial charge in [0.2, 0.25) is 11.8 Å². The molecule has 0 aromatic heterocycles. The highest BCUT2D eigenvalue weighted by molar-refractivity contribution is 7.98. The fraction of sp³-hybridized carbons (Fsp3) is 0.556. The molecule has 0 spiro atoms. The van der Waals surface area contributed by atoms with Gasteiger partial charge in [-0.25, -0.2) is 0 Å². The van der Waals surface area contributed by atoms with Crippen molar-refractivity contribution in [2.75, 3.05) is 12.3 Å². The van der Waals surface area contributed by atoms with E-state index in [9.17, 15) is 9.59 Å². The molecule has 1 aliphatic heterocycles. The van der Waals surface area contributed by atoms with Crippen LogP contribution in [0, 0.1) is 5.41 Å². The van der Waals surface area contributed by atoms with Crippen LogP contribution in [-0.4, -0.2) is 29.0 Å². The van der Waals surface area contributed by atoms with Crippen LogP contribution in [0.2, 0.25) is 0 Å². The molecule has 1 heterocycles. The minimum absolute atomic E-state index is 0.00168. The Hall–Kier alpha value is -1.29. The Bertz CT molecular complexity index is 493. The maximum Gasteiger partial charge on any atom is 0.229 e. The third kappa shape index (κ3) is 5.16. The Balaban J connectivity index is 1.62. The maximum absolute atomic E-state index is 12.0. The number of rotatable bonds is 7. The fourth-order valence-corrected chi connectivity index (χ4v) is 3.68. The molecule has 3 nitrogen and oxygen atoms in total. The van der Waals surface area contributed by atoms with E-state index >= 15 is 0 Å². The summed E-state index contributed by atoms with van der Waals surface area (Å²) < 4.78 is 0. The van der Waals surface area contributed by atoms with Crippen molar-refractivity contribution in [3.8, 4) is 0 Å². The summed E-state index contributed by atoms with van der Waals surface area (Å²) in [5.41, 5.74) is 1.17. The van der Waals surface area contributed by atoms with E-state index in [1.54, 1.807) is 0 Å². The van der Waals surface area contributed by atoms with E-state index in [-0.39, 0.29) is 17.2 Å². The van der Waals surface area contributed by atoms with Gasteiger partial charge in [0.25, 0.3) is 0 Å². The van der Waals surface area contributed by atoms with Gasteiger partial charge >= 0.3 is 0 Å². The van der Waals surface area contributed by atoms with Gasteiger partial charge in [-0.05, 0) is 29.6 Å². The van der Waals surface area contributed by atoms with Gasteiger partial charge in [0.05, 0.1) is 0 Å². The van der Waals surface area contributed by atoms with Crippen LogP contribution in [0.3, 0.4) is 0 Å². The van der Waals surface area contributed by atoms with E-state index in [1.165, 1.54) is 10.5 Å². The summed E-state index contributed by atoms with van der Waals surface area (Å²) >= 11 is 1.91. The highest BCUT2D eigenvalue weighted by atomic mass is 32.2. The van der Waals surface area contributed by atoms with E-state index in [0.717, 1.165) is 24.3 Å². The van der Waals surface area contributed by atoms with Crippen LogP contribution >= 0.6 is 11.8 Å². The summed E-state index contributed by atoms with van der Waals surface area (Å²) in [7, 11) is 0. The molecule has 0 saturated carbocycles. The molecule has 0 aliphatic carbocycles. The van der Waals surface area contributed by atoms with Gasteiger partial charge in [-0.15, -0.1) is 0 Å². The van der Waals surface area contributed by atoms with Crippen LogP contribution in [0.15, 0.2) is 30.3 Å². The summed E-state index contributed by atoms with van der Waals surface area (Å²) in [6, 6.07) is 10.4. The summed E-state index contributed by atoms with van der Waals surface area (Å²) in [5.74, 6) is 2.09. The average molecular weight is 319 g/mol. The van der Waals surface area contributed by atoms with Gasteiger partial charge in [0.1, 0.15) is 0 Å². The molecule has 1 saturated heterocycles. The predicted molar refractivity (Wildman–Crippen MR) is 91.6 cm³/mol. The molecule has 0 bridgehead atoms. The normalized spacial score (nSPS) is 17.8. The highest BCUT2D eigenvalue weighted by Gasteiger charge is 2.36. The standard InChI is InChI=1S/C18H25NO2S/c1-18(2)12-16(20)19(17(21)13-18)10-6-7-11-22-14-15-8-4-3-5-9-15/h3-5,8-9H,6-7,10-14H2,1-2H3. The van der Waals surface area contributed by atoms with E-state index in [1.807, 2.05) is 31.7 Å². The fourth-order valence-electron chi connectivity index (χ4n) is 2.70. The zero-order valence-electron chi connectivity index (χ0n) is 13.5. The quantitative estimate of drug-likeness (QED) is 0.565. The van der Waals surface area contributed by atoms with Gasteiger partial charge in [-0.3, -0.25) is 14.5 Å². The molecule has 1 fully saturated rings. The van der Waals surface area contributed by atoms with E-state index in [4.69, 9.17) is 0 Å². The molecule has 0 N–H and O–H groups in total. The van der Waals surface area contributed by atoms with Crippen molar-refractivity contribution in [2.45, 2.75) is 45.3 Å². The topological polar surface area (TPSA) is 37.4 Å². The van der Waals surface area contributed by atoms with Crippen molar-refractivity contribution in [3.05, 3.63) is 35.9 Å². The van der Waals surface area contributed by atoms with E-state index in [0.29, 0.717) is 19.4 Å².